The lowest BCUT2D eigenvalue weighted by Crippen LogP contribution is -2.54. The lowest BCUT2D eigenvalue weighted by atomic mass is 9.93. The molecule has 1 aliphatic carbocycles. The highest BCUT2D eigenvalue weighted by atomic mass is 19.4. The smallest absolute Gasteiger partial charge is 0.368 e. The quantitative estimate of drug-likeness (QED) is 0.572. The van der Waals surface area contributed by atoms with Gasteiger partial charge in [-0.2, -0.15) is 26.3 Å². The SMILES string of the molecule is CC1=CCC(C(F)(F)F)C=C1N1CCN(C(=O)C2CC(c3ccc(C(F)(F)F)cc3)O2)CC1. The molecule has 0 saturated carbocycles. The molecule has 0 spiro atoms. The molecular weight excluding hydrogens is 450 g/mol. The number of allylic oxidation sites excluding steroid dienone is 3. The van der Waals surface area contributed by atoms with Crippen molar-refractivity contribution < 1.29 is 35.9 Å². The summed E-state index contributed by atoms with van der Waals surface area (Å²) in [6, 6.07) is 4.70. The number of benzene rings is 1. The number of nitrogens with zero attached hydrogens (tertiary/aromatic N) is 2. The standard InChI is InChI=1S/C23H24F6N2O2/c1-14-2-5-17(23(27,28)29)12-18(14)30-8-10-31(11-9-30)21(32)20-13-19(33-20)15-3-6-16(7-4-15)22(24,25)26/h2-4,6-7,12,17,19-20H,5,8-11,13H2,1H3. The van der Waals surface area contributed by atoms with E-state index in [1.807, 2.05) is 4.90 Å². The molecular formula is C23H24F6N2O2. The fourth-order valence-corrected chi connectivity index (χ4v) is 4.39. The van der Waals surface area contributed by atoms with E-state index in [2.05, 4.69) is 0 Å². The summed E-state index contributed by atoms with van der Waals surface area (Å²) >= 11 is 0. The number of ether oxygens (including phenoxy) is 1. The number of hydrogen-bond donors (Lipinski definition) is 0. The van der Waals surface area contributed by atoms with E-state index in [1.54, 1.807) is 17.9 Å². The molecule has 10 heteroatoms. The molecule has 4 nitrogen and oxygen atoms in total. The third-order valence-electron chi connectivity index (χ3n) is 6.44. The number of piperazine rings is 1. The van der Waals surface area contributed by atoms with Gasteiger partial charge in [-0.05, 0) is 42.7 Å². The van der Waals surface area contributed by atoms with Gasteiger partial charge in [0.05, 0.1) is 17.6 Å². The predicted octanol–water partition coefficient (Wildman–Crippen LogP) is 5.09. The number of rotatable bonds is 3. The highest BCUT2D eigenvalue weighted by Crippen LogP contribution is 2.39. The molecule has 3 atom stereocenters. The van der Waals surface area contributed by atoms with Crippen LogP contribution >= 0.6 is 0 Å². The van der Waals surface area contributed by atoms with Crippen LogP contribution in [-0.4, -0.2) is 54.2 Å². The summed E-state index contributed by atoms with van der Waals surface area (Å²) in [6.07, 6.45) is -6.58. The second-order valence-electron chi connectivity index (χ2n) is 8.60. The summed E-state index contributed by atoms with van der Waals surface area (Å²) in [5.74, 6) is -1.70. The maximum absolute atomic E-state index is 13.1. The number of alkyl halides is 6. The molecule has 33 heavy (non-hydrogen) atoms. The second-order valence-corrected chi connectivity index (χ2v) is 8.60. The van der Waals surface area contributed by atoms with Crippen LogP contribution in [0.15, 0.2) is 47.7 Å². The summed E-state index contributed by atoms with van der Waals surface area (Å²) in [5.41, 5.74) is 1.22. The third-order valence-corrected chi connectivity index (χ3v) is 6.44. The first-order valence-corrected chi connectivity index (χ1v) is 10.8. The Kier molecular flexibility index (Phi) is 6.24. The van der Waals surface area contributed by atoms with Crippen molar-refractivity contribution in [3.8, 4) is 0 Å². The van der Waals surface area contributed by atoms with E-state index in [9.17, 15) is 31.1 Å². The van der Waals surface area contributed by atoms with Crippen molar-refractivity contribution in [2.75, 3.05) is 26.2 Å². The first kappa shape index (κ1) is 23.7. The van der Waals surface area contributed by atoms with E-state index in [-0.39, 0.29) is 12.3 Å². The molecule has 2 heterocycles. The molecule has 4 rings (SSSR count). The Morgan fingerprint density at radius 2 is 1.61 bits per heavy atom. The third kappa shape index (κ3) is 5.05. The molecule has 3 aliphatic rings. The van der Waals surface area contributed by atoms with E-state index in [4.69, 9.17) is 4.74 Å². The molecule has 3 unspecified atom stereocenters. The van der Waals surface area contributed by atoms with Crippen LogP contribution in [0, 0.1) is 5.92 Å². The van der Waals surface area contributed by atoms with Crippen LogP contribution < -0.4 is 0 Å². The number of carbonyl (C=O) groups excluding carboxylic acids is 1. The first-order chi connectivity index (χ1) is 15.4. The van der Waals surface area contributed by atoms with Gasteiger partial charge in [0.25, 0.3) is 5.91 Å². The van der Waals surface area contributed by atoms with E-state index < -0.39 is 36.0 Å². The molecule has 1 aromatic carbocycles. The minimum absolute atomic E-state index is 0.0591. The summed E-state index contributed by atoms with van der Waals surface area (Å²) in [6.45, 7) is 3.36. The van der Waals surface area contributed by atoms with Crippen molar-refractivity contribution in [1.82, 2.24) is 9.80 Å². The molecule has 0 aromatic heterocycles. The van der Waals surface area contributed by atoms with Crippen LogP contribution in [0.5, 0.6) is 0 Å². The summed E-state index contributed by atoms with van der Waals surface area (Å²) in [5, 5.41) is 0. The van der Waals surface area contributed by atoms with E-state index in [1.165, 1.54) is 18.2 Å². The molecule has 0 N–H and O–H groups in total. The topological polar surface area (TPSA) is 32.8 Å². The zero-order chi connectivity index (χ0) is 24.0. The van der Waals surface area contributed by atoms with Crippen LogP contribution in [-0.2, 0) is 15.7 Å². The number of hydrogen-bond acceptors (Lipinski definition) is 3. The van der Waals surface area contributed by atoms with Gasteiger partial charge in [-0.15, -0.1) is 0 Å². The van der Waals surface area contributed by atoms with Crippen LogP contribution in [0.4, 0.5) is 26.3 Å². The molecule has 2 aliphatic heterocycles. The minimum Gasteiger partial charge on any atom is -0.368 e. The Balaban J connectivity index is 1.29. The van der Waals surface area contributed by atoms with Crippen molar-refractivity contribution in [3.05, 3.63) is 58.8 Å². The fourth-order valence-electron chi connectivity index (χ4n) is 4.39. The normalized spacial score (nSPS) is 26.5. The van der Waals surface area contributed by atoms with Gasteiger partial charge in [-0.25, -0.2) is 0 Å². The van der Waals surface area contributed by atoms with E-state index >= 15 is 0 Å². The van der Waals surface area contributed by atoms with Gasteiger partial charge >= 0.3 is 12.4 Å². The van der Waals surface area contributed by atoms with Gasteiger partial charge in [-0.3, -0.25) is 4.79 Å². The zero-order valence-corrected chi connectivity index (χ0v) is 17.9. The van der Waals surface area contributed by atoms with Gasteiger partial charge in [0.15, 0.2) is 0 Å². The van der Waals surface area contributed by atoms with Gasteiger partial charge in [-0.1, -0.05) is 18.2 Å². The Bertz CT molecular complexity index is 937. The van der Waals surface area contributed by atoms with E-state index in [0.717, 1.165) is 17.7 Å². The number of carbonyl (C=O) groups is 1. The summed E-state index contributed by atoms with van der Waals surface area (Å²) in [7, 11) is 0. The molecule has 0 radical (unpaired) electrons. The molecule has 1 amide bonds. The van der Waals surface area contributed by atoms with Crippen molar-refractivity contribution in [1.29, 1.82) is 0 Å². The van der Waals surface area contributed by atoms with Crippen molar-refractivity contribution >= 4 is 5.91 Å². The van der Waals surface area contributed by atoms with Gasteiger partial charge in [0, 0.05) is 38.3 Å². The Labute approximate surface area is 187 Å². The molecule has 1 aromatic rings. The Morgan fingerprint density at radius 3 is 2.15 bits per heavy atom. The highest BCUT2D eigenvalue weighted by molar-refractivity contribution is 5.82. The van der Waals surface area contributed by atoms with Crippen molar-refractivity contribution in [2.24, 2.45) is 5.92 Å². The minimum atomic E-state index is -4.41. The Morgan fingerprint density at radius 1 is 1.00 bits per heavy atom. The maximum atomic E-state index is 13.1. The maximum Gasteiger partial charge on any atom is 0.416 e. The molecule has 2 fully saturated rings. The average molecular weight is 474 g/mol. The second kappa shape index (κ2) is 8.70. The van der Waals surface area contributed by atoms with Gasteiger partial charge in [0.2, 0.25) is 0 Å². The van der Waals surface area contributed by atoms with E-state index in [0.29, 0.717) is 43.9 Å². The van der Waals surface area contributed by atoms with Crippen LogP contribution in [0.1, 0.15) is 37.0 Å². The number of amides is 1. The lowest BCUT2D eigenvalue weighted by Gasteiger charge is -2.42. The summed E-state index contributed by atoms with van der Waals surface area (Å²) < 4.78 is 83.1. The molecule has 0 bridgehead atoms. The fraction of sp³-hybridized carbons (Fsp3) is 0.522. The van der Waals surface area contributed by atoms with Crippen molar-refractivity contribution in [3.63, 3.8) is 0 Å². The van der Waals surface area contributed by atoms with Crippen LogP contribution in [0.3, 0.4) is 0 Å². The van der Waals surface area contributed by atoms with Gasteiger partial charge < -0.3 is 14.5 Å². The van der Waals surface area contributed by atoms with Gasteiger partial charge in [0.1, 0.15) is 6.10 Å². The largest absolute Gasteiger partial charge is 0.416 e. The van der Waals surface area contributed by atoms with Crippen LogP contribution in [0.25, 0.3) is 0 Å². The monoisotopic (exact) mass is 474 g/mol. The van der Waals surface area contributed by atoms with Crippen molar-refractivity contribution in [2.45, 2.75) is 44.3 Å². The first-order valence-electron chi connectivity index (χ1n) is 10.8. The average Bonchev–Trinajstić information content (AvgIpc) is 2.72. The highest BCUT2D eigenvalue weighted by Gasteiger charge is 2.42. The Hall–Kier alpha value is -2.49. The predicted molar refractivity (Wildman–Crippen MR) is 108 cm³/mol. The number of halogens is 6. The molecule has 2 saturated heterocycles. The zero-order valence-electron chi connectivity index (χ0n) is 17.9. The lowest BCUT2D eigenvalue weighted by molar-refractivity contribution is -0.175. The summed E-state index contributed by atoms with van der Waals surface area (Å²) in [4.78, 5) is 16.2. The van der Waals surface area contributed by atoms with Crippen LogP contribution in [0.2, 0.25) is 0 Å². The molecule has 180 valence electrons.